The fourth-order valence-electron chi connectivity index (χ4n) is 1.63. The molecule has 0 aliphatic carbocycles. The molecule has 0 aromatic heterocycles. The van der Waals surface area contributed by atoms with Crippen molar-refractivity contribution in [3.05, 3.63) is 29.6 Å². The van der Waals surface area contributed by atoms with E-state index in [1.807, 2.05) is 6.92 Å². The summed E-state index contributed by atoms with van der Waals surface area (Å²) in [5, 5.41) is 8.66. The first kappa shape index (κ1) is 16.6. The van der Waals surface area contributed by atoms with Crippen molar-refractivity contribution in [3.63, 3.8) is 0 Å². The Balaban J connectivity index is 2.99. The third-order valence-electron chi connectivity index (χ3n) is 2.61. The lowest BCUT2D eigenvalue weighted by molar-refractivity contribution is 0.350. The van der Waals surface area contributed by atoms with Gasteiger partial charge in [-0.15, -0.1) is 0 Å². The van der Waals surface area contributed by atoms with E-state index in [-0.39, 0.29) is 10.5 Å². The van der Waals surface area contributed by atoms with Gasteiger partial charge in [0.15, 0.2) is 0 Å². The highest BCUT2D eigenvalue weighted by molar-refractivity contribution is 7.89. The zero-order chi connectivity index (χ0) is 15.0. The lowest BCUT2D eigenvalue weighted by Gasteiger charge is -2.08. The molecule has 0 aliphatic heterocycles. The van der Waals surface area contributed by atoms with Gasteiger partial charge < -0.3 is 5.11 Å². The highest BCUT2D eigenvalue weighted by Gasteiger charge is 2.17. The monoisotopic (exact) mass is 299 g/mol. The molecule has 20 heavy (non-hydrogen) atoms. The van der Waals surface area contributed by atoms with Crippen molar-refractivity contribution in [1.29, 1.82) is 0 Å². The smallest absolute Gasteiger partial charge is 0.241 e. The first-order chi connectivity index (χ1) is 9.51. The average molecular weight is 299 g/mol. The Kier molecular flexibility index (Phi) is 6.65. The minimum absolute atomic E-state index is 0.0436. The molecule has 0 heterocycles. The van der Waals surface area contributed by atoms with Crippen LogP contribution in [0, 0.1) is 17.7 Å². The van der Waals surface area contributed by atoms with Crippen molar-refractivity contribution < 1.29 is 17.9 Å². The number of sulfonamides is 1. The van der Waals surface area contributed by atoms with Gasteiger partial charge in [0.25, 0.3) is 0 Å². The van der Waals surface area contributed by atoms with E-state index >= 15 is 0 Å². The van der Waals surface area contributed by atoms with Gasteiger partial charge in [0.1, 0.15) is 12.4 Å². The van der Waals surface area contributed by atoms with Crippen molar-refractivity contribution in [2.75, 3.05) is 13.2 Å². The summed E-state index contributed by atoms with van der Waals surface area (Å²) in [5.74, 6) is 4.21. The molecular weight excluding hydrogens is 281 g/mol. The molecular formula is C14H18FNO3S. The molecule has 0 fully saturated rings. The third-order valence-corrected chi connectivity index (χ3v) is 4.12. The summed E-state index contributed by atoms with van der Waals surface area (Å²) in [6, 6.07) is 3.30. The molecule has 0 unspecified atom stereocenters. The summed E-state index contributed by atoms with van der Waals surface area (Å²) < 4.78 is 39.9. The molecule has 2 N–H and O–H groups in total. The minimum Gasteiger partial charge on any atom is -0.384 e. The number of aliphatic hydroxyl groups is 1. The summed E-state index contributed by atoms with van der Waals surface area (Å²) >= 11 is 0. The summed E-state index contributed by atoms with van der Waals surface area (Å²) in [6.45, 7) is 1.94. The van der Waals surface area contributed by atoms with E-state index in [4.69, 9.17) is 5.11 Å². The van der Waals surface area contributed by atoms with Crippen LogP contribution in [0.25, 0.3) is 0 Å². The van der Waals surface area contributed by atoms with E-state index in [1.165, 1.54) is 6.07 Å². The van der Waals surface area contributed by atoms with Gasteiger partial charge in [0.2, 0.25) is 10.0 Å². The summed E-state index contributed by atoms with van der Waals surface area (Å²) in [6.07, 6.45) is 2.67. The van der Waals surface area contributed by atoms with Crippen molar-refractivity contribution in [2.45, 2.75) is 31.1 Å². The summed E-state index contributed by atoms with van der Waals surface area (Å²) in [5.41, 5.74) is 0.0436. The van der Waals surface area contributed by atoms with Gasteiger partial charge >= 0.3 is 0 Å². The van der Waals surface area contributed by atoms with Crippen LogP contribution in [-0.2, 0) is 10.0 Å². The largest absolute Gasteiger partial charge is 0.384 e. The van der Waals surface area contributed by atoms with E-state index in [9.17, 15) is 12.8 Å². The van der Waals surface area contributed by atoms with Crippen molar-refractivity contribution in [2.24, 2.45) is 0 Å². The lowest BCUT2D eigenvalue weighted by atomic mass is 10.2. The normalized spacial score (nSPS) is 10.9. The van der Waals surface area contributed by atoms with Gasteiger partial charge in [-0.05, 0) is 24.6 Å². The van der Waals surface area contributed by atoms with Gasteiger partial charge in [-0.2, -0.15) is 0 Å². The number of nitrogens with one attached hydrogen (secondary N) is 1. The van der Waals surface area contributed by atoms with Gasteiger partial charge in [-0.1, -0.05) is 31.6 Å². The van der Waals surface area contributed by atoms with Crippen LogP contribution < -0.4 is 4.72 Å². The first-order valence-corrected chi connectivity index (χ1v) is 7.88. The van der Waals surface area contributed by atoms with Crippen LogP contribution in [0.15, 0.2) is 23.1 Å². The Labute approximate surface area is 119 Å². The molecule has 0 spiro atoms. The third kappa shape index (κ3) is 4.93. The van der Waals surface area contributed by atoms with E-state index in [1.54, 1.807) is 0 Å². The van der Waals surface area contributed by atoms with Crippen molar-refractivity contribution >= 4 is 10.0 Å². The SMILES string of the molecule is CCCCCNS(=O)(=O)c1ccc(F)cc1C#CCO. The molecule has 1 aromatic rings. The zero-order valence-corrected chi connectivity index (χ0v) is 12.1. The second kappa shape index (κ2) is 8.00. The van der Waals surface area contributed by atoms with Crippen LogP contribution in [0.1, 0.15) is 31.7 Å². The predicted molar refractivity (Wildman–Crippen MR) is 75.1 cm³/mol. The number of rotatable bonds is 6. The maximum absolute atomic E-state index is 13.2. The van der Waals surface area contributed by atoms with E-state index < -0.39 is 22.4 Å². The predicted octanol–water partition coefficient (Wildman–Crippen LogP) is 1.64. The molecule has 0 aliphatic rings. The number of hydrogen-bond acceptors (Lipinski definition) is 3. The minimum atomic E-state index is -3.72. The Hall–Kier alpha value is -1.42. The van der Waals surface area contributed by atoms with Gasteiger partial charge in [-0.25, -0.2) is 17.5 Å². The van der Waals surface area contributed by atoms with E-state index in [2.05, 4.69) is 16.6 Å². The molecule has 0 amide bonds. The van der Waals surface area contributed by atoms with Crippen LogP contribution in [0.5, 0.6) is 0 Å². The summed E-state index contributed by atoms with van der Waals surface area (Å²) in [7, 11) is -3.72. The summed E-state index contributed by atoms with van der Waals surface area (Å²) in [4.78, 5) is -0.0728. The second-order valence-electron chi connectivity index (χ2n) is 4.21. The number of unbranched alkanes of at least 4 members (excludes halogenated alkanes) is 2. The Bertz CT molecular complexity index is 603. The van der Waals surface area contributed by atoms with Crippen LogP contribution in [0.2, 0.25) is 0 Å². The highest BCUT2D eigenvalue weighted by Crippen LogP contribution is 2.16. The Morgan fingerprint density at radius 1 is 1.35 bits per heavy atom. The topological polar surface area (TPSA) is 66.4 Å². The Morgan fingerprint density at radius 2 is 2.10 bits per heavy atom. The second-order valence-corrected chi connectivity index (χ2v) is 5.94. The molecule has 6 heteroatoms. The Morgan fingerprint density at radius 3 is 2.75 bits per heavy atom. The molecule has 0 radical (unpaired) electrons. The van der Waals surface area contributed by atoms with Crippen LogP contribution in [0.3, 0.4) is 0 Å². The number of benzene rings is 1. The fraction of sp³-hybridized carbons (Fsp3) is 0.429. The van der Waals surface area contributed by atoms with Crippen molar-refractivity contribution in [1.82, 2.24) is 4.72 Å². The van der Waals surface area contributed by atoms with Crippen LogP contribution >= 0.6 is 0 Å². The van der Waals surface area contributed by atoms with Gasteiger partial charge in [-0.3, -0.25) is 0 Å². The highest BCUT2D eigenvalue weighted by atomic mass is 32.2. The molecule has 0 bridgehead atoms. The van der Waals surface area contributed by atoms with Crippen molar-refractivity contribution in [3.8, 4) is 11.8 Å². The molecule has 1 rings (SSSR count). The van der Waals surface area contributed by atoms with Gasteiger partial charge in [0, 0.05) is 12.1 Å². The average Bonchev–Trinajstić information content (AvgIpc) is 2.41. The van der Waals surface area contributed by atoms with Crippen LogP contribution in [0.4, 0.5) is 4.39 Å². The van der Waals surface area contributed by atoms with E-state index in [0.717, 1.165) is 31.4 Å². The number of hydrogen-bond donors (Lipinski definition) is 2. The fourth-order valence-corrected chi connectivity index (χ4v) is 2.84. The quantitative estimate of drug-likeness (QED) is 0.620. The molecule has 1 aromatic carbocycles. The molecule has 0 saturated heterocycles. The molecule has 0 atom stereocenters. The number of halogens is 1. The lowest BCUT2D eigenvalue weighted by Crippen LogP contribution is -2.25. The zero-order valence-electron chi connectivity index (χ0n) is 11.3. The number of aliphatic hydroxyl groups excluding tert-OH is 1. The van der Waals surface area contributed by atoms with Gasteiger partial charge in [0.05, 0.1) is 4.90 Å². The van der Waals surface area contributed by atoms with E-state index in [0.29, 0.717) is 6.54 Å². The molecule has 110 valence electrons. The maximum atomic E-state index is 13.2. The first-order valence-electron chi connectivity index (χ1n) is 6.40. The maximum Gasteiger partial charge on any atom is 0.241 e. The van der Waals surface area contributed by atoms with Crippen LogP contribution in [-0.4, -0.2) is 26.7 Å². The standard InChI is InChI=1S/C14H18FNO3S/c1-2-3-4-9-16-20(18,19)14-8-7-13(15)11-12(14)6-5-10-17/h7-8,11,16-17H,2-4,9-10H2,1H3. The molecule has 0 saturated carbocycles. The molecule has 4 nitrogen and oxygen atoms in total.